The van der Waals surface area contributed by atoms with Crippen LogP contribution in [-0.2, 0) is 10.5 Å². The number of aromatic amines is 1. The molecule has 1 aliphatic carbocycles. The van der Waals surface area contributed by atoms with Crippen LogP contribution in [-0.4, -0.2) is 25.1 Å². The van der Waals surface area contributed by atoms with Crippen molar-refractivity contribution in [2.45, 2.75) is 38.1 Å². The molecule has 198 valence electrons. The predicted octanol–water partition coefficient (Wildman–Crippen LogP) is 6.39. The minimum absolute atomic E-state index is 0.128. The molecule has 39 heavy (non-hydrogen) atoms. The fourth-order valence-corrected chi connectivity index (χ4v) is 6.17. The molecule has 3 aromatic carbocycles. The molecule has 1 aliphatic rings. The van der Waals surface area contributed by atoms with E-state index in [2.05, 4.69) is 19.7 Å². The summed E-state index contributed by atoms with van der Waals surface area (Å²) >= 11 is 0. The van der Waals surface area contributed by atoms with Gasteiger partial charge in [-0.1, -0.05) is 47.3 Å². The summed E-state index contributed by atoms with van der Waals surface area (Å²) in [4.78, 5) is 17.5. The summed E-state index contributed by atoms with van der Waals surface area (Å²) in [6.45, 7) is 0. The number of benzene rings is 3. The molecule has 0 atom stereocenters. The molecule has 2 heterocycles. The smallest absolute Gasteiger partial charge is 0.488 e. The third-order valence-corrected chi connectivity index (χ3v) is 7.91. The van der Waals surface area contributed by atoms with Gasteiger partial charge in [-0.2, -0.15) is 8.42 Å². The van der Waals surface area contributed by atoms with E-state index in [1.54, 1.807) is 18.2 Å². The van der Waals surface area contributed by atoms with E-state index in [9.17, 15) is 17.1 Å². The topological polar surface area (TPSA) is 90.4 Å². The highest BCUT2D eigenvalue weighted by atomic mass is 32.3. The maximum absolute atomic E-state index is 14.0. The Kier molecular flexibility index (Phi) is 6.07. The van der Waals surface area contributed by atoms with E-state index in [4.69, 9.17) is 11.2 Å². The summed E-state index contributed by atoms with van der Waals surface area (Å²) in [6.07, 6.45) is 10.9. The molecule has 1 saturated carbocycles. The molecule has 9 heteroatoms. The van der Waals surface area contributed by atoms with Crippen molar-refractivity contribution in [2.24, 2.45) is 0 Å². The monoisotopic (exact) mass is 544 g/mol. The van der Waals surface area contributed by atoms with Gasteiger partial charge in [0.25, 0.3) is 0 Å². The molecular formula is C30H25FN2O5S. The molecule has 0 saturated heterocycles. The molecule has 7 nitrogen and oxygen atoms in total. The van der Waals surface area contributed by atoms with Gasteiger partial charge in [0.2, 0.25) is 0 Å². The maximum atomic E-state index is 14.0. The summed E-state index contributed by atoms with van der Waals surface area (Å²) < 4.78 is 47.7. The number of nitrogens with zero attached hydrogens (tertiary/aromatic N) is 1. The lowest BCUT2D eigenvalue weighted by atomic mass is 9.93. The van der Waals surface area contributed by atoms with Gasteiger partial charge in [0.1, 0.15) is 17.1 Å². The zero-order valence-electron chi connectivity index (χ0n) is 21.2. The van der Waals surface area contributed by atoms with E-state index in [1.807, 2.05) is 24.3 Å². The van der Waals surface area contributed by atoms with Gasteiger partial charge in [-0.25, -0.2) is 0 Å². The molecule has 1 N–H and O–H groups in total. The molecule has 0 spiro atoms. The Labute approximate surface area is 224 Å². The first-order valence-electron chi connectivity index (χ1n) is 12.7. The average Bonchev–Trinajstić information content (AvgIpc) is 3.31. The Hall–Kier alpha value is -4.29. The van der Waals surface area contributed by atoms with Crippen molar-refractivity contribution in [1.29, 1.82) is 0 Å². The van der Waals surface area contributed by atoms with Crippen LogP contribution in [0.4, 0.5) is 3.89 Å². The van der Waals surface area contributed by atoms with Gasteiger partial charge in [-0.05, 0) is 54.8 Å². The quantitative estimate of drug-likeness (QED) is 0.205. The first-order valence-corrected chi connectivity index (χ1v) is 14.0. The van der Waals surface area contributed by atoms with Crippen LogP contribution in [0, 0.1) is 12.3 Å². The Bertz CT molecular complexity index is 1980. The van der Waals surface area contributed by atoms with Crippen LogP contribution in [0.3, 0.4) is 0 Å². The first kappa shape index (κ1) is 25.0. The highest BCUT2D eigenvalue weighted by Gasteiger charge is 2.24. The molecule has 5 aromatic rings. The van der Waals surface area contributed by atoms with Crippen LogP contribution in [0.1, 0.15) is 43.7 Å². The number of aromatic nitrogens is 2. The zero-order chi connectivity index (χ0) is 27.3. The van der Waals surface area contributed by atoms with Crippen LogP contribution in [0.25, 0.3) is 44.0 Å². The van der Waals surface area contributed by atoms with Crippen molar-refractivity contribution in [3.05, 3.63) is 70.4 Å². The highest BCUT2D eigenvalue weighted by Crippen LogP contribution is 2.40. The van der Waals surface area contributed by atoms with Crippen molar-refractivity contribution in [3.8, 4) is 35.0 Å². The number of hydrogen-bond donors (Lipinski definition) is 1. The lowest BCUT2D eigenvalue weighted by molar-refractivity contribution is 0.365. The Morgan fingerprint density at radius 3 is 2.56 bits per heavy atom. The second kappa shape index (κ2) is 9.47. The molecule has 0 bridgehead atoms. The summed E-state index contributed by atoms with van der Waals surface area (Å²) in [7, 11) is -3.69. The molecule has 6 rings (SSSR count). The van der Waals surface area contributed by atoms with Crippen LogP contribution in [0.5, 0.6) is 11.5 Å². The number of methoxy groups -OCH3 is 1. The number of rotatable bonds is 5. The number of nitrogens with one attached hydrogen (secondary N) is 1. The summed E-state index contributed by atoms with van der Waals surface area (Å²) in [6, 6.07) is 15.4. The van der Waals surface area contributed by atoms with E-state index in [0.29, 0.717) is 27.6 Å². The predicted molar refractivity (Wildman–Crippen MR) is 150 cm³/mol. The van der Waals surface area contributed by atoms with Crippen LogP contribution in [0.2, 0.25) is 0 Å². The molecular weight excluding hydrogens is 519 g/mol. The third kappa shape index (κ3) is 4.41. The summed E-state index contributed by atoms with van der Waals surface area (Å²) in [5.74, 6) is 2.91. The van der Waals surface area contributed by atoms with Gasteiger partial charge in [-0.3, -0.25) is 4.79 Å². The van der Waals surface area contributed by atoms with Gasteiger partial charge in [0.15, 0.2) is 5.43 Å². The molecule has 0 aliphatic heterocycles. The van der Waals surface area contributed by atoms with E-state index in [-0.39, 0.29) is 17.2 Å². The number of H-pyrrole nitrogens is 1. The number of terminal acetylenes is 1. The van der Waals surface area contributed by atoms with Gasteiger partial charge in [0, 0.05) is 28.1 Å². The molecule has 0 unspecified atom stereocenters. The van der Waals surface area contributed by atoms with Crippen LogP contribution >= 0.6 is 0 Å². The Morgan fingerprint density at radius 2 is 1.85 bits per heavy atom. The SMILES string of the molecule is C#Cc1ccc2c(c1)[nH]c1c2c(=O)c2cc(OC)c(-c3cccc(OS(=O)(=O)F)c3)cc2n1C1CCCCC1. The van der Waals surface area contributed by atoms with Crippen molar-refractivity contribution in [3.63, 3.8) is 0 Å². The normalized spacial score (nSPS) is 14.6. The van der Waals surface area contributed by atoms with Gasteiger partial charge >= 0.3 is 10.5 Å². The number of fused-ring (bicyclic) bond motifs is 4. The maximum Gasteiger partial charge on any atom is 0.488 e. The van der Waals surface area contributed by atoms with Gasteiger partial charge in [-0.15, -0.1) is 6.42 Å². The summed E-state index contributed by atoms with van der Waals surface area (Å²) in [5.41, 5.74) is 4.01. The zero-order valence-corrected chi connectivity index (χ0v) is 22.0. The number of pyridine rings is 1. The molecule has 2 aromatic heterocycles. The standard InChI is InChI=1S/C30H25FN2O5S/c1-3-18-12-13-22-25(14-18)32-30-28(22)29(34)24-17-27(37-2)23(16-26(24)33(30)20-9-5-4-6-10-20)19-8-7-11-21(15-19)38-39(31,35)36/h1,7-8,11-17,20,32H,4-6,9-10H2,2H3. The van der Waals surface area contributed by atoms with Crippen molar-refractivity contribution in [1.82, 2.24) is 9.55 Å². The third-order valence-electron chi connectivity index (χ3n) is 7.52. The van der Waals surface area contributed by atoms with Crippen LogP contribution in [0.15, 0.2) is 59.4 Å². The lowest BCUT2D eigenvalue weighted by Gasteiger charge is -2.27. The van der Waals surface area contributed by atoms with Gasteiger partial charge < -0.3 is 18.5 Å². The van der Waals surface area contributed by atoms with E-state index in [0.717, 1.165) is 53.3 Å². The number of halogens is 1. The van der Waals surface area contributed by atoms with Crippen molar-refractivity contribution < 1.29 is 21.2 Å². The largest absolute Gasteiger partial charge is 0.496 e. The number of ether oxygens (including phenoxy) is 1. The highest BCUT2D eigenvalue weighted by molar-refractivity contribution is 7.81. The Balaban J connectivity index is 1.69. The minimum Gasteiger partial charge on any atom is -0.496 e. The Morgan fingerprint density at radius 1 is 1.05 bits per heavy atom. The second-order valence-corrected chi connectivity index (χ2v) is 10.8. The van der Waals surface area contributed by atoms with E-state index < -0.39 is 10.5 Å². The minimum atomic E-state index is -5.19. The lowest BCUT2D eigenvalue weighted by Crippen LogP contribution is -2.18. The summed E-state index contributed by atoms with van der Waals surface area (Å²) in [5, 5.41) is 1.92. The van der Waals surface area contributed by atoms with E-state index >= 15 is 0 Å². The van der Waals surface area contributed by atoms with Crippen molar-refractivity contribution >= 4 is 43.3 Å². The number of hydrogen-bond acceptors (Lipinski definition) is 5. The van der Waals surface area contributed by atoms with Crippen LogP contribution < -0.4 is 14.3 Å². The van der Waals surface area contributed by atoms with Crippen molar-refractivity contribution in [2.75, 3.05) is 7.11 Å². The van der Waals surface area contributed by atoms with E-state index in [1.165, 1.54) is 25.7 Å². The fourth-order valence-electron chi connectivity index (χ4n) is 5.83. The molecule has 1 fully saturated rings. The van der Waals surface area contributed by atoms with Gasteiger partial charge in [0.05, 0.1) is 23.4 Å². The molecule has 0 radical (unpaired) electrons. The first-order chi connectivity index (χ1) is 18.8. The fraction of sp³-hybridized carbons (Fsp3) is 0.233. The second-order valence-electron chi connectivity index (χ2n) is 9.82. The molecule has 0 amide bonds. The average molecular weight is 545 g/mol.